The highest BCUT2D eigenvalue weighted by Crippen LogP contribution is 2.15. The number of likely N-dealkylation sites (N-methyl/N-ethyl adjacent to an activating group) is 1. The smallest absolute Gasteiger partial charge is 0.240 e. The van der Waals surface area contributed by atoms with Crippen molar-refractivity contribution >= 4 is 10.0 Å². The average Bonchev–Trinajstić information content (AvgIpc) is 2.34. The molecule has 0 amide bonds. The number of nitrogens with one attached hydrogen (secondary N) is 2. The van der Waals surface area contributed by atoms with E-state index in [2.05, 4.69) is 10.0 Å². The van der Waals surface area contributed by atoms with Crippen LogP contribution >= 0.6 is 0 Å². The van der Waals surface area contributed by atoms with Crippen LogP contribution in [0.2, 0.25) is 0 Å². The Hall–Kier alpha value is -0.910. The van der Waals surface area contributed by atoms with E-state index in [4.69, 9.17) is 0 Å². The summed E-state index contributed by atoms with van der Waals surface area (Å²) in [4.78, 5) is 0.324. The van der Waals surface area contributed by atoms with Crippen LogP contribution in [-0.2, 0) is 16.4 Å². The van der Waals surface area contributed by atoms with Gasteiger partial charge >= 0.3 is 0 Å². The van der Waals surface area contributed by atoms with Crippen molar-refractivity contribution in [1.29, 1.82) is 0 Å². The van der Waals surface area contributed by atoms with Gasteiger partial charge in [-0.2, -0.15) is 0 Å². The van der Waals surface area contributed by atoms with E-state index in [-0.39, 0.29) is 5.41 Å². The van der Waals surface area contributed by atoms with Crippen molar-refractivity contribution in [3.8, 4) is 0 Å². The predicted octanol–water partition coefficient (Wildman–Crippen LogP) is 1.77. The topological polar surface area (TPSA) is 58.2 Å². The summed E-state index contributed by atoms with van der Waals surface area (Å²) in [5.41, 5.74) is 1.06. The molecule has 0 saturated heterocycles. The molecule has 0 aromatic heterocycles. The molecule has 19 heavy (non-hydrogen) atoms. The Kier molecular flexibility index (Phi) is 5.52. The molecule has 5 heteroatoms. The first-order chi connectivity index (χ1) is 8.74. The maximum Gasteiger partial charge on any atom is 0.240 e. The molecule has 1 aromatic rings. The lowest BCUT2D eigenvalue weighted by Crippen LogP contribution is -2.32. The summed E-state index contributed by atoms with van der Waals surface area (Å²) in [6.07, 6.45) is 0.895. The lowest BCUT2D eigenvalue weighted by molar-refractivity contribution is 0.407. The molecule has 1 aromatic carbocycles. The monoisotopic (exact) mass is 284 g/mol. The van der Waals surface area contributed by atoms with Gasteiger partial charge in [0.1, 0.15) is 0 Å². The molecule has 0 fully saturated rings. The Balaban J connectivity index is 2.73. The number of hydrogen-bond acceptors (Lipinski definition) is 3. The van der Waals surface area contributed by atoms with Gasteiger partial charge in [-0.1, -0.05) is 32.9 Å². The summed E-state index contributed by atoms with van der Waals surface area (Å²) in [6.45, 7) is 7.30. The van der Waals surface area contributed by atoms with Gasteiger partial charge in [0.25, 0.3) is 0 Å². The van der Waals surface area contributed by atoms with Gasteiger partial charge in [0, 0.05) is 6.54 Å². The summed E-state index contributed by atoms with van der Waals surface area (Å²) >= 11 is 0. The number of rotatable bonds is 6. The molecule has 0 saturated carbocycles. The first-order valence-electron chi connectivity index (χ1n) is 6.48. The highest BCUT2D eigenvalue weighted by Gasteiger charge is 2.18. The molecule has 0 aliphatic heterocycles. The van der Waals surface area contributed by atoms with Crippen molar-refractivity contribution in [3.05, 3.63) is 29.8 Å². The van der Waals surface area contributed by atoms with Gasteiger partial charge in [-0.25, -0.2) is 13.1 Å². The van der Waals surface area contributed by atoms with Crippen molar-refractivity contribution < 1.29 is 8.42 Å². The molecule has 0 aliphatic carbocycles. The fraction of sp³-hybridized carbons (Fsp3) is 0.571. The molecule has 0 bridgehead atoms. The third kappa shape index (κ3) is 5.72. The van der Waals surface area contributed by atoms with Gasteiger partial charge in [0.2, 0.25) is 10.0 Å². The molecule has 4 nitrogen and oxygen atoms in total. The van der Waals surface area contributed by atoms with E-state index < -0.39 is 10.0 Å². The van der Waals surface area contributed by atoms with Gasteiger partial charge in [-0.05, 0) is 43.1 Å². The Morgan fingerprint density at radius 1 is 1.11 bits per heavy atom. The molecule has 0 aliphatic rings. The van der Waals surface area contributed by atoms with Crippen molar-refractivity contribution in [2.24, 2.45) is 5.41 Å². The Morgan fingerprint density at radius 2 is 1.68 bits per heavy atom. The van der Waals surface area contributed by atoms with Crippen molar-refractivity contribution in [2.75, 3.05) is 20.1 Å². The van der Waals surface area contributed by atoms with Gasteiger partial charge in [0.05, 0.1) is 4.90 Å². The van der Waals surface area contributed by atoms with E-state index in [0.717, 1.165) is 18.5 Å². The molecule has 2 N–H and O–H groups in total. The third-order valence-corrected chi connectivity index (χ3v) is 4.11. The van der Waals surface area contributed by atoms with E-state index >= 15 is 0 Å². The average molecular weight is 284 g/mol. The van der Waals surface area contributed by atoms with Gasteiger partial charge < -0.3 is 5.32 Å². The van der Waals surface area contributed by atoms with E-state index in [1.165, 1.54) is 0 Å². The van der Waals surface area contributed by atoms with E-state index in [1.54, 1.807) is 12.1 Å². The molecule has 0 radical (unpaired) electrons. The van der Waals surface area contributed by atoms with Crippen LogP contribution in [-0.4, -0.2) is 28.6 Å². The van der Waals surface area contributed by atoms with Crippen LogP contribution in [0.15, 0.2) is 29.2 Å². The maximum atomic E-state index is 12.1. The third-order valence-electron chi connectivity index (χ3n) is 2.69. The van der Waals surface area contributed by atoms with Gasteiger partial charge in [0.15, 0.2) is 0 Å². The van der Waals surface area contributed by atoms with Crippen molar-refractivity contribution in [1.82, 2.24) is 10.0 Å². The maximum absolute atomic E-state index is 12.1. The molecule has 0 heterocycles. The summed E-state index contributed by atoms with van der Waals surface area (Å²) in [5, 5.41) is 3.07. The second-order valence-electron chi connectivity index (χ2n) is 5.88. The second kappa shape index (κ2) is 6.50. The van der Waals surface area contributed by atoms with Crippen molar-refractivity contribution in [2.45, 2.75) is 32.1 Å². The molecule has 0 atom stereocenters. The summed E-state index contributed by atoms with van der Waals surface area (Å²) in [5.74, 6) is 0. The Bertz CT molecular complexity index is 487. The molecule has 108 valence electrons. The Morgan fingerprint density at radius 3 is 2.16 bits per heavy atom. The van der Waals surface area contributed by atoms with E-state index in [1.807, 2.05) is 40.0 Å². The SMILES string of the molecule is CNCCc1ccc(S(=O)(=O)NCC(C)(C)C)cc1. The van der Waals surface area contributed by atoms with Gasteiger partial charge in [-0.3, -0.25) is 0 Å². The zero-order valence-electron chi connectivity index (χ0n) is 12.2. The Labute approximate surface area is 116 Å². The van der Waals surface area contributed by atoms with Crippen LogP contribution in [0.5, 0.6) is 0 Å². The molecule has 0 spiro atoms. The summed E-state index contributed by atoms with van der Waals surface area (Å²) in [6, 6.07) is 7.05. The van der Waals surface area contributed by atoms with E-state index in [9.17, 15) is 8.42 Å². The highest BCUT2D eigenvalue weighted by molar-refractivity contribution is 7.89. The summed E-state index contributed by atoms with van der Waals surface area (Å²) < 4.78 is 26.8. The zero-order chi connectivity index (χ0) is 14.5. The van der Waals surface area contributed by atoms with Crippen LogP contribution < -0.4 is 10.0 Å². The number of hydrogen-bond donors (Lipinski definition) is 2. The van der Waals surface area contributed by atoms with Gasteiger partial charge in [-0.15, -0.1) is 0 Å². The molecular weight excluding hydrogens is 260 g/mol. The minimum atomic E-state index is -3.40. The normalized spacial score (nSPS) is 12.6. The van der Waals surface area contributed by atoms with Crippen LogP contribution in [0.1, 0.15) is 26.3 Å². The first kappa shape index (κ1) is 16.1. The summed E-state index contributed by atoms with van der Waals surface area (Å²) in [7, 11) is -1.50. The minimum Gasteiger partial charge on any atom is -0.319 e. The van der Waals surface area contributed by atoms with E-state index in [0.29, 0.717) is 11.4 Å². The molecule has 0 unspecified atom stereocenters. The van der Waals surface area contributed by atoms with Crippen LogP contribution in [0, 0.1) is 5.41 Å². The van der Waals surface area contributed by atoms with Crippen LogP contribution in [0.25, 0.3) is 0 Å². The lowest BCUT2D eigenvalue weighted by Gasteiger charge is -2.18. The fourth-order valence-electron chi connectivity index (χ4n) is 1.50. The van der Waals surface area contributed by atoms with Crippen molar-refractivity contribution in [3.63, 3.8) is 0 Å². The second-order valence-corrected chi connectivity index (χ2v) is 7.65. The molecule has 1 rings (SSSR count). The van der Waals surface area contributed by atoms with Crippen LogP contribution in [0.4, 0.5) is 0 Å². The fourth-order valence-corrected chi connectivity index (χ4v) is 2.78. The van der Waals surface area contributed by atoms with Crippen LogP contribution in [0.3, 0.4) is 0 Å². The largest absolute Gasteiger partial charge is 0.319 e. The predicted molar refractivity (Wildman–Crippen MR) is 78.7 cm³/mol. The standard InChI is InChI=1S/C14H24N2O2S/c1-14(2,3)11-16-19(17,18)13-7-5-12(6-8-13)9-10-15-4/h5-8,15-16H,9-11H2,1-4H3. The highest BCUT2D eigenvalue weighted by atomic mass is 32.2. The number of benzene rings is 1. The zero-order valence-corrected chi connectivity index (χ0v) is 13.0. The quantitative estimate of drug-likeness (QED) is 0.837. The molecular formula is C14H24N2O2S. The lowest BCUT2D eigenvalue weighted by atomic mass is 9.98. The number of sulfonamides is 1. The first-order valence-corrected chi connectivity index (χ1v) is 7.96. The minimum absolute atomic E-state index is 0.0696.